The molecule has 0 fully saturated rings. The van der Waals surface area contributed by atoms with Gasteiger partial charge in [0.1, 0.15) is 11.6 Å². The van der Waals surface area contributed by atoms with E-state index in [2.05, 4.69) is 16.0 Å². The molecule has 4 rings (SSSR count). The van der Waals surface area contributed by atoms with Gasteiger partial charge in [0, 0.05) is 5.56 Å². The average molecular weight is 286 g/mol. The topological polar surface area (TPSA) is 48.9 Å². The van der Waals surface area contributed by atoms with Crippen LogP contribution in [0.5, 0.6) is 5.75 Å². The Balaban J connectivity index is 1.81. The number of fused-ring (bicyclic) bond motifs is 1. The summed E-state index contributed by atoms with van der Waals surface area (Å²) in [5, 5.41) is 9.64. The van der Waals surface area contributed by atoms with Gasteiger partial charge >= 0.3 is 0 Å². The Labute approximate surface area is 127 Å². The Morgan fingerprint density at radius 2 is 1.45 bits per heavy atom. The largest absolute Gasteiger partial charge is 0.508 e. The molecule has 3 nitrogen and oxygen atoms in total. The van der Waals surface area contributed by atoms with Crippen molar-refractivity contribution in [3.8, 4) is 28.3 Å². The van der Waals surface area contributed by atoms with Crippen molar-refractivity contribution in [3.63, 3.8) is 0 Å². The van der Waals surface area contributed by atoms with Crippen LogP contribution in [0.15, 0.2) is 72.8 Å². The van der Waals surface area contributed by atoms with Gasteiger partial charge in [-0.15, -0.1) is 0 Å². The molecule has 22 heavy (non-hydrogen) atoms. The Hall–Kier alpha value is -3.07. The number of hydrogen-bond acceptors (Lipinski definition) is 2. The highest BCUT2D eigenvalue weighted by Crippen LogP contribution is 2.27. The van der Waals surface area contributed by atoms with E-state index >= 15 is 0 Å². The lowest BCUT2D eigenvalue weighted by molar-refractivity contribution is 0.475. The van der Waals surface area contributed by atoms with Gasteiger partial charge in [0.05, 0.1) is 11.0 Å². The fraction of sp³-hybridized carbons (Fsp3) is 0. The van der Waals surface area contributed by atoms with Gasteiger partial charge in [0.2, 0.25) is 0 Å². The second kappa shape index (κ2) is 5.04. The highest BCUT2D eigenvalue weighted by atomic mass is 16.3. The number of phenolic OH excluding ortho intramolecular Hbond substituents is 1. The second-order valence-corrected chi connectivity index (χ2v) is 5.23. The number of para-hydroxylation sites is 2. The number of imidazole rings is 1. The lowest BCUT2D eigenvalue weighted by Crippen LogP contribution is -1.83. The Morgan fingerprint density at radius 1 is 0.727 bits per heavy atom. The lowest BCUT2D eigenvalue weighted by atomic mass is 10.0. The maximum Gasteiger partial charge on any atom is 0.138 e. The zero-order valence-corrected chi connectivity index (χ0v) is 11.8. The van der Waals surface area contributed by atoms with Crippen LogP contribution in [0.4, 0.5) is 0 Å². The minimum absolute atomic E-state index is 0.270. The first kappa shape index (κ1) is 12.7. The number of H-pyrrole nitrogens is 1. The van der Waals surface area contributed by atoms with Gasteiger partial charge in [-0.05, 0) is 41.5 Å². The van der Waals surface area contributed by atoms with Crippen molar-refractivity contribution in [3.05, 3.63) is 72.8 Å². The third-order valence-corrected chi connectivity index (χ3v) is 3.70. The first-order valence-electron chi connectivity index (χ1n) is 7.14. The zero-order chi connectivity index (χ0) is 14.9. The standard InChI is InChI=1S/C19H14N2O/c22-16-8-4-6-14(12-16)13-5-3-7-15(11-13)19-20-17-9-1-2-10-18(17)21-19/h1-12,22H,(H,20,21). The van der Waals surface area contributed by atoms with Crippen LogP contribution in [0.3, 0.4) is 0 Å². The van der Waals surface area contributed by atoms with Crippen LogP contribution in [-0.2, 0) is 0 Å². The maximum atomic E-state index is 9.64. The van der Waals surface area contributed by atoms with Crippen LogP contribution < -0.4 is 0 Å². The molecule has 1 heterocycles. The van der Waals surface area contributed by atoms with Gasteiger partial charge in [-0.2, -0.15) is 0 Å². The molecular weight excluding hydrogens is 272 g/mol. The Kier molecular flexibility index (Phi) is 2.90. The Bertz CT molecular complexity index is 923. The fourth-order valence-electron chi connectivity index (χ4n) is 2.62. The average Bonchev–Trinajstić information content (AvgIpc) is 2.99. The molecule has 1 aromatic heterocycles. The zero-order valence-electron chi connectivity index (χ0n) is 11.8. The maximum absolute atomic E-state index is 9.64. The number of nitrogens with one attached hydrogen (secondary N) is 1. The van der Waals surface area contributed by atoms with E-state index in [1.54, 1.807) is 12.1 Å². The van der Waals surface area contributed by atoms with Crippen LogP contribution in [0.25, 0.3) is 33.5 Å². The molecule has 3 heteroatoms. The second-order valence-electron chi connectivity index (χ2n) is 5.23. The summed E-state index contributed by atoms with van der Waals surface area (Å²) < 4.78 is 0. The van der Waals surface area contributed by atoms with Crippen molar-refractivity contribution < 1.29 is 5.11 Å². The molecule has 0 radical (unpaired) electrons. The summed E-state index contributed by atoms with van der Waals surface area (Å²) >= 11 is 0. The van der Waals surface area contributed by atoms with E-state index in [-0.39, 0.29) is 5.75 Å². The van der Waals surface area contributed by atoms with Gasteiger partial charge in [-0.1, -0.05) is 42.5 Å². The molecule has 3 aromatic carbocycles. The highest BCUT2D eigenvalue weighted by Gasteiger charge is 2.06. The molecular formula is C19H14N2O. The molecule has 0 saturated heterocycles. The summed E-state index contributed by atoms with van der Waals surface area (Å²) in [6.07, 6.45) is 0. The molecule has 2 N–H and O–H groups in total. The van der Waals surface area contributed by atoms with E-state index in [1.165, 1.54) is 0 Å². The molecule has 0 bridgehead atoms. The van der Waals surface area contributed by atoms with Gasteiger partial charge < -0.3 is 10.1 Å². The molecule has 0 aliphatic heterocycles. The predicted molar refractivity (Wildman–Crippen MR) is 88.6 cm³/mol. The van der Waals surface area contributed by atoms with E-state index in [0.29, 0.717) is 0 Å². The van der Waals surface area contributed by atoms with Crippen LogP contribution >= 0.6 is 0 Å². The van der Waals surface area contributed by atoms with Gasteiger partial charge in [0.25, 0.3) is 0 Å². The molecule has 0 aliphatic rings. The van der Waals surface area contributed by atoms with Gasteiger partial charge in [-0.3, -0.25) is 0 Å². The number of aromatic hydroxyl groups is 1. The van der Waals surface area contributed by atoms with Crippen LogP contribution in [0.2, 0.25) is 0 Å². The minimum Gasteiger partial charge on any atom is -0.508 e. The Morgan fingerprint density at radius 3 is 2.27 bits per heavy atom. The summed E-state index contributed by atoms with van der Waals surface area (Å²) in [5.41, 5.74) is 5.05. The number of aromatic nitrogens is 2. The number of rotatable bonds is 2. The monoisotopic (exact) mass is 286 g/mol. The number of hydrogen-bond donors (Lipinski definition) is 2. The fourth-order valence-corrected chi connectivity index (χ4v) is 2.62. The summed E-state index contributed by atoms with van der Waals surface area (Å²) in [6.45, 7) is 0. The number of nitrogens with zero attached hydrogens (tertiary/aromatic N) is 1. The van der Waals surface area contributed by atoms with E-state index in [0.717, 1.165) is 33.5 Å². The molecule has 0 atom stereocenters. The molecule has 106 valence electrons. The summed E-state index contributed by atoms with van der Waals surface area (Å²) in [6, 6.07) is 23.4. The first-order chi connectivity index (χ1) is 10.8. The van der Waals surface area contributed by atoms with Gasteiger partial charge in [-0.25, -0.2) is 4.98 Å². The van der Waals surface area contributed by atoms with Crippen molar-refractivity contribution in [1.29, 1.82) is 0 Å². The van der Waals surface area contributed by atoms with Crippen LogP contribution in [-0.4, -0.2) is 15.1 Å². The van der Waals surface area contributed by atoms with Crippen LogP contribution in [0, 0.1) is 0 Å². The third-order valence-electron chi connectivity index (χ3n) is 3.70. The van der Waals surface area contributed by atoms with E-state index < -0.39 is 0 Å². The third kappa shape index (κ3) is 2.23. The van der Waals surface area contributed by atoms with Gasteiger partial charge in [0.15, 0.2) is 0 Å². The number of aromatic amines is 1. The lowest BCUT2D eigenvalue weighted by Gasteiger charge is -2.04. The molecule has 4 aromatic rings. The van der Waals surface area contributed by atoms with Crippen molar-refractivity contribution >= 4 is 11.0 Å². The van der Waals surface area contributed by atoms with Crippen molar-refractivity contribution in [1.82, 2.24) is 9.97 Å². The molecule has 0 unspecified atom stereocenters. The van der Waals surface area contributed by atoms with Crippen molar-refractivity contribution in [2.75, 3.05) is 0 Å². The van der Waals surface area contributed by atoms with E-state index in [4.69, 9.17) is 0 Å². The summed E-state index contributed by atoms with van der Waals surface area (Å²) in [5.74, 6) is 1.12. The minimum atomic E-state index is 0.270. The number of phenols is 1. The SMILES string of the molecule is Oc1cccc(-c2cccc(-c3nc4ccccc4[nH]3)c2)c1. The summed E-state index contributed by atoms with van der Waals surface area (Å²) in [7, 11) is 0. The highest BCUT2D eigenvalue weighted by molar-refractivity contribution is 5.80. The normalized spacial score (nSPS) is 10.9. The van der Waals surface area contributed by atoms with E-state index in [9.17, 15) is 5.11 Å². The summed E-state index contributed by atoms with van der Waals surface area (Å²) in [4.78, 5) is 7.97. The smallest absolute Gasteiger partial charge is 0.138 e. The van der Waals surface area contributed by atoms with E-state index in [1.807, 2.05) is 54.6 Å². The molecule has 0 spiro atoms. The van der Waals surface area contributed by atoms with Crippen molar-refractivity contribution in [2.24, 2.45) is 0 Å². The van der Waals surface area contributed by atoms with Crippen molar-refractivity contribution in [2.45, 2.75) is 0 Å². The molecule has 0 amide bonds. The first-order valence-corrected chi connectivity index (χ1v) is 7.14. The molecule has 0 aliphatic carbocycles. The van der Waals surface area contributed by atoms with Crippen LogP contribution in [0.1, 0.15) is 0 Å². The number of benzene rings is 3. The molecule has 0 saturated carbocycles. The predicted octanol–water partition coefficient (Wildman–Crippen LogP) is 4.60. The quantitative estimate of drug-likeness (QED) is 0.565.